The van der Waals surface area contributed by atoms with E-state index in [2.05, 4.69) is 15.5 Å². The highest BCUT2D eigenvalue weighted by Crippen LogP contribution is 2.20. The van der Waals surface area contributed by atoms with Crippen LogP contribution in [0.25, 0.3) is 22.4 Å². The minimum atomic E-state index is -0.741. The molecule has 0 aliphatic heterocycles. The van der Waals surface area contributed by atoms with Gasteiger partial charge < -0.3 is 14.3 Å². The Morgan fingerprint density at radius 1 is 1.14 bits per heavy atom. The summed E-state index contributed by atoms with van der Waals surface area (Å²) < 4.78 is 23.7. The van der Waals surface area contributed by atoms with Crippen molar-refractivity contribution >= 4 is 16.9 Å². The van der Waals surface area contributed by atoms with Crippen molar-refractivity contribution < 1.29 is 18.1 Å². The first-order valence-electron chi connectivity index (χ1n) is 8.44. The van der Waals surface area contributed by atoms with Crippen molar-refractivity contribution in [2.75, 3.05) is 0 Å². The van der Waals surface area contributed by atoms with Crippen LogP contribution in [0.15, 0.2) is 68.3 Å². The van der Waals surface area contributed by atoms with E-state index in [1.807, 2.05) is 0 Å². The maximum absolute atomic E-state index is 13.3. The zero-order chi connectivity index (χ0) is 19.7. The number of benzene rings is 2. The Labute approximate surface area is 157 Å². The predicted molar refractivity (Wildman–Crippen MR) is 98.1 cm³/mol. The maximum Gasteiger partial charge on any atom is 0.349 e. The second kappa shape index (κ2) is 7.07. The molecule has 8 heteroatoms. The van der Waals surface area contributed by atoms with Gasteiger partial charge in [-0.25, -0.2) is 9.18 Å². The highest BCUT2D eigenvalue weighted by Gasteiger charge is 2.21. The van der Waals surface area contributed by atoms with Crippen LogP contribution in [0.1, 0.15) is 29.2 Å². The SMILES string of the molecule is C[C@H](NC(=O)c1cc2ccccc2oc1=O)c1nc(-c2cccc(F)c2)no1. The minimum Gasteiger partial charge on any atom is -0.422 e. The molecule has 0 spiro atoms. The first-order chi connectivity index (χ1) is 13.5. The average Bonchev–Trinajstić information content (AvgIpc) is 3.18. The summed E-state index contributed by atoms with van der Waals surface area (Å²) in [6, 6.07) is 13.4. The monoisotopic (exact) mass is 379 g/mol. The molecule has 0 aliphatic carbocycles. The highest BCUT2D eigenvalue weighted by molar-refractivity contribution is 5.96. The zero-order valence-electron chi connectivity index (χ0n) is 14.7. The van der Waals surface area contributed by atoms with Crippen LogP contribution in [0.5, 0.6) is 0 Å². The molecule has 2 aromatic carbocycles. The van der Waals surface area contributed by atoms with E-state index in [0.717, 1.165) is 0 Å². The predicted octanol–water partition coefficient (Wildman–Crippen LogP) is 3.47. The summed E-state index contributed by atoms with van der Waals surface area (Å²) in [4.78, 5) is 28.8. The fourth-order valence-electron chi connectivity index (χ4n) is 2.71. The van der Waals surface area contributed by atoms with Gasteiger partial charge in [-0.1, -0.05) is 35.5 Å². The van der Waals surface area contributed by atoms with Gasteiger partial charge in [-0.05, 0) is 31.2 Å². The summed E-state index contributed by atoms with van der Waals surface area (Å²) in [5.74, 6) is -0.732. The van der Waals surface area contributed by atoms with E-state index in [9.17, 15) is 14.0 Å². The summed E-state index contributed by atoms with van der Waals surface area (Å²) in [7, 11) is 0. The number of carbonyl (C=O) groups is 1. The third-order valence-electron chi connectivity index (χ3n) is 4.13. The number of carbonyl (C=O) groups excluding carboxylic acids is 1. The number of fused-ring (bicyclic) bond motifs is 1. The van der Waals surface area contributed by atoms with Crippen LogP contribution in [0.4, 0.5) is 4.39 Å². The second-order valence-electron chi connectivity index (χ2n) is 6.15. The quantitative estimate of drug-likeness (QED) is 0.545. The number of para-hydroxylation sites is 1. The van der Waals surface area contributed by atoms with E-state index >= 15 is 0 Å². The topological polar surface area (TPSA) is 98.2 Å². The van der Waals surface area contributed by atoms with Crippen LogP contribution >= 0.6 is 0 Å². The Morgan fingerprint density at radius 3 is 2.79 bits per heavy atom. The number of nitrogens with one attached hydrogen (secondary N) is 1. The van der Waals surface area contributed by atoms with Gasteiger partial charge in [0.15, 0.2) is 0 Å². The van der Waals surface area contributed by atoms with Crippen molar-refractivity contribution in [3.63, 3.8) is 0 Å². The number of hydrogen-bond acceptors (Lipinski definition) is 6. The number of halogens is 1. The molecular weight excluding hydrogens is 365 g/mol. The molecule has 0 aliphatic rings. The molecule has 7 nitrogen and oxygen atoms in total. The molecule has 0 radical (unpaired) electrons. The average molecular weight is 379 g/mol. The minimum absolute atomic E-state index is 0.123. The zero-order valence-corrected chi connectivity index (χ0v) is 14.7. The Kier molecular flexibility index (Phi) is 4.44. The number of rotatable bonds is 4. The van der Waals surface area contributed by atoms with E-state index in [-0.39, 0.29) is 17.3 Å². The lowest BCUT2D eigenvalue weighted by Crippen LogP contribution is -2.30. The third kappa shape index (κ3) is 3.39. The van der Waals surface area contributed by atoms with Crippen LogP contribution in [0.3, 0.4) is 0 Å². The molecule has 1 N–H and O–H groups in total. The van der Waals surface area contributed by atoms with E-state index in [1.54, 1.807) is 37.3 Å². The van der Waals surface area contributed by atoms with Crippen LogP contribution < -0.4 is 10.9 Å². The Bertz CT molecular complexity index is 1230. The molecule has 4 aromatic rings. The maximum atomic E-state index is 13.3. The van der Waals surface area contributed by atoms with E-state index in [1.165, 1.54) is 24.3 Å². The van der Waals surface area contributed by atoms with Crippen molar-refractivity contribution in [3.05, 3.63) is 82.3 Å². The molecule has 140 valence electrons. The molecule has 0 fully saturated rings. The number of hydrogen-bond donors (Lipinski definition) is 1. The van der Waals surface area contributed by atoms with Crippen molar-refractivity contribution in [2.24, 2.45) is 0 Å². The second-order valence-corrected chi connectivity index (χ2v) is 6.15. The van der Waals surface area contributed by atoms with Crippen LogP contribution in [-0.2, 0) is 0 Å². The van der Waals surface area contributed by atoms with Gasteiger partial charge in [0, 0.05) is 10.9 Å². The highest BCUT2D eigenvalue weighted by atomic mass is 19.1. The summed E-state index contributed by atoms with van der Waals surface area (Å²) in [5.41, 5.74) is -0.0257. The smallest absolute Gasteiger partial charge is 0.349 e. The molecule has 2 heterocycles. The molecule has 2 aromatic heterocycles. The van der Waals surface area contributed by atoms with Gasteiger partial charge in [0.05, 0.1) is 0 Å². The molecule has 0 saturated heterocycles. The lowest BCUT2D eigenvalue weighted by Gasteiger charge is -2.09. The Morgan fingerprint density at radius 2 is 1.96 bits per heavy atom. The lowest BCUT2D eigenvalue weighted by molar-refractivity contribution is 0.0929. The van der Waals surface area contributed by atoms with Gasteiger partial charge in [0.2, 0.25) is 11.7 Å². The van der Waals surface area contributed by atoms with E-state index < -0.39 is 23.4 Å². The van der Waals surface area contributed by atoms with Crippen molar-refractivity contribution in [1.29, 1.82) is 0 Å². The number of aromatic nitrogens is 2. The van der Waals surface area contributed by atoms with E-state index in [0.29, 0.717) is 16.5 Å². The van der Waals surface area contributed by atoms with Gasteiger partial charge in [-0.15, -0.1) is 0 Å². The summed E-state index contributed by atoms with van der Waals surface area (Å²) in [6.07, 6.45) is 0. The van der Waals surface area contributed by atoms with E-state index in [4.69, 9.17) is 8.94 Å². The van der Waals surface area contributed by atoms with Gasteiger partial charge in [-0.2, -0.15) is 4.98 Å². The molecule has 1 atom stereocenters. The van der Waals surface area contributed by atoms with Gasteiger partial charge in [0.1, 0.15) is 23.0 Å². The number of nitrogens with zero attached hydrogens (tertiary/aromatic N) is 2. The Hall–Kier alpha value is -3.81. The molecule has 4 rings (SSSR count). The molecule has 0 bridgehead atoms. The summed E-state index contributed by atoms with van der Waals surface area (Å²) >= 11 is 0. The van der Waals surface area contributed by atoms with Gasteiger partial charge in [0.25, 0.3) is 5.91 Å². The normalized spacial score (nSPS) is 12.1. The largest absolute Gasteiger partial charge is 0.422 e. The van der Waals surface area contributed by atoms with Gasteiger partial charge >= 0.3 is 5.63 Å². The molecule has 0 saturated carbocycles. The summed E-state index contributed by atoms with van der Waals surface area (Å²) in [6.45, 7) is 1.63. The first kappa shape index (κ1) is 17.6. The fraction of sp³-hybridized carbons (Fsp3) is 0.100. The lowest BCUT2D eigenvalue weighted by atomic mass is 10.1. The summed E-state index contributed by atoms with van der Waals surface area (Å²) in [5, 5.41) is 7.06. The molecule has 28 heavy (non-hydrogen) atoms. The Balaban J connectivity index is 1.55. The van der Waals surface area contributed by atoms with Crippen LogP contribution in [0, 0.1) is 5.82 Å². The molecular formula is C20H14FN3O4. The third-order valence-corrected chi connectivity index (χ3v) is 4.13. The number of amides is 1. The molecule has 0 unspecified atom stereocenters. The van der Waals surface area contributed by atoms with Crippen LogP contribution in [-0.4, -0.2) is 16.0 Å². The van der Waals surface area contributed by atoms with Crippen LogP contribution in [0.2, 0.25) is 0 Å². The van der Waals surface area contributed by atoms with Crippen molar-refractivity contribution in [3.8, 4) is 11.4 Å². The van der Waals surface area contributed by atoms with Crippen molar-refractivity contribution in [1.82, 2.24) is 15.5 Å². The fourth-order valence-corrected chi connectivity index (χ4v) is 2.71. The first-order valence-corrected chi connectivity index (χ1v) is 8.44. The van der Waals surface area contributed by atoms with Crippen molar-refractivity contribution in [2.45, 2.75) is 13.0 Å². The molecule has 1 amide bonds. The standard InChI is InChI=1S/C20H14FN3O4/c1-11(19-23-17(24-28-19)13-6-4-7-14(21)9-13)22-18(25)15-10-12-5-2-3-8-16(12)27-20(15)26/h2-11H,1H3,(H,22,25)/t11-/m0/s1. The van der Waals surface area contributed by atoms with Gasteiger partial charge in [-0.3, -0.25) is 4.79 Å².